The van der Waals surface area contributed by atoms with E-state index in [0.717, 1.165) is 16.7 Å². The minimum atomic E-state index is -0.532. The van der Waals surface area contributed by atoms with Crippen molar-refractivity contribution in [1.82, 2.24) is 20.6 Å². The fourth-order valence-electron chi connectivity index (χ4n) is 2.51. The van der Waals surface area contributed by atoms with Crippen molar-refractivity contribution in [3.63, 3.8) is 0 Å². The Bertz CT molecular complexity index is 794. The summed E-state index contributed by atoms with van der Waals surface area (Å²) in [6, 6.07) is 12.8. The second-order valence-electron chi connectivity index (χ2n) is 5.96. The van der Waals surface area contributed by atoms with Crippen LogP contribution in [0, 0.1) is 5.82 Å². The van der Waals surface area contributed by atoms with E-state index >= 15 is 0 Å². The van der Waals surface area contributed by atoms with Gasteiger partial charge < -0.3 is 5.73 Å². The highest BCUT2D eigenvalue weighted by atomic mass is 19.1. The zero-order valence-electron chi connectivity index (χ0n) is 13.0. The van der Waals surface area contributed by atoms with Gasteiger partial charge >= 0.3 is 0 Å². The summed E-state index contributed by atoms with van der Waals surface area (Å²) in [5.74, 6) is 0.247. The van der Waals surface area contributed by atoms with Crippen LogP contribution in [0.25, 0.3) is 11.1 Å². The third-order valence-electron chi connectivity index (χ3n) is 4.10. The summed E-state index contributed by atoms with van der Waals surface area (Å²) in [7, 11) is 0. The highest BCUT2D eigenvalue weighted by Crippen LogP contribution is 2.32. The predicted molar refractivity (Wildman–Crippen MR) is 86.0 cm³/mol. The van der Waals surface area contributed by atoms with Gasteiger partial charge in [0.25, 0.3) is 0 Å². The summed E-state index contributed by atoms with van der Waals surface area (Å²) >= 11 is 0. The number of tetrazole rings is 1. The number of hydrogen-bond acceptors (Lipinski definition) is 4. The molecule has 0 amide bonds. The Morgan fingerprint density at radius 2 is 1.87 bits per heavy atom. The lowest BCUT2D eigenvalue weighted by molar-refractivity contribution is 0.575. The lowest BCUT2D eigenvalue weighted by Crippen LogP contribution is -2.21. The van der Waals surface area contributed by atoms with Crippen LogP contribution in [0.5, 0.6) is 0 Å². The van der Waals surface area contributed by atoms with Crippen LogP contribution in [-0.4, -0.2) is 20.6 Å². The molecule has 0 aliphatic rings. The van der Waals surface area contributed by atoms with Crippen molar-refractivity contribution in [1.29, 1.82) is 0 Å². The van der Waals surface area contributed by atoms with E-state index in [9.17, 15) is 4.39 Å². The van der Waals surface area contributed by atoms with E-state index in [1.165, 1.54) is 6.07 Å². The van der Waals surface area contributed by atoms with Gasteiger partial charge in [-0.05, 0) is 36.6 Å². The van der Waals surface area contributed by atoms with Crippen LogP contribution < -0.4 is 5.73 Å². The number of aromatic amines is 1. The Morgan fingerprint density at radius 1 is 1.13 bits per heavy atom. The fraction of sp³-hybridized carbons (Fsp3) is 0.235. The topological polar surface area (TPSA) is 80.5 Å². The van der Waals surface area contributed by atoms with E-state index in [-0.39, 0.29) is 5.82 Å². The van der Waals surface area contributed by atoms with Crippen molar-refractivity contribution in [3.05, 3.63) is 65.2 Å². The molecular weight excluding hydrogens is 293 g/mol. The van der Waals surface area contributed by atoms with Crippen LogP contribution in [-0.2, 0) is 12.0 Å². The lowest BCUT2D eigenvalue weighted by Gasteiger charge is -2.21. The SMILES string of the molecule is CC(C)(c1ccc(-c2ccc(CN)cc2)c(F)c1)c1nn[nH]n1. The van der Waals surface area contributed by atoms with E-state index in [4.69, 9.17) is 5.73 Å². The Balaban J connectivity index is 1.97. The molecule has 118 valence electrons. The average Bonchev–Trinajstić information content (AvgIpc) is 3.10. The van der Waals surface area contributed by atoms with E-state index in [0.29, 0.717) is 17.9 Å². The van der Waals surface area contributed by atoms with Gasteiger partial charge in [0.1, 0.15) is 5.82 Å². The standard InChI is InChI=1S/C17H18FN5/c1-17(2,16-20-22-23-21-16)13-7-8-14(15(18)9-13)12-5-3-11(10-19)4-6-12/h3-9H,10,19H2,1-2H3,(H,20,21,22,23). The molecule has 0 aliphatic heterocycles. The first-order valence-corrected chi connectivity index (χ1v) is 7.35. The maximum atomic E-state index is 14.6. The molecule has 1 aromatic heterocycles. The van der Waals surface area contributed by atoms with Gasteiger partial charge in [-0.2, -0.15) is 5.21 Å². The molecule has 6 heteroatoms. The van der Waals surface area contributed by atoms with Gasteiger partial charge in [-0.15, -0.1) is 10.2 Å². The summed E-state index contributed by atoms with van der Waals surface area (Å²) in [5, 5.41) is 14.0. The molecule has 3 aromatic rings. The number of nitrogens with two attached hydrogens (primary N) is 1. The third-order valence-corrected chi connectivity index (χ3v) is 4.10. The largest absolute Gasteiger partial charge is 0.326 e. The van der Waals surface area contributed by atoms with Crippen molar-refractivity contribution in [2.24, 2.45) is 5.73 Å². The summed E-state index contributed by atoms with van der Waals surface area (Å²) in [5.41, 5.74) is 8.24. The van der Waals surface area contributed by atoms with E-state index in [2.05, 4.69) is 20.6 Å². The van der Waals surface area contributed by atoms with Crippen LogP contribution in [0.2, 0.25) is 0 Å². The van der Waals surface area contributed by atoms with Crippen LogP contribution in [0.3, 0.4) is 0 Å². The fourth-order valence-corrected chi connectivity index (χ4v) is 2.51. The molecular formula is C17H18FN5. The minimum Gasteiger partial charge on any atom is -0.326 e. The monoisotopic (exact) mass is 311 g/mol. The predicted octanol–water partition coefficient (Wildman–Crippen LogP) is 2.79. The van der Waals surface area contributed by atoms with E-state index in [1.807, 2.05) is 44.2 Å². The molecule has 0 saturated carbocycles. The van der Waals surface area contributed by atoms with Crippen molar-refractivity contribution < 1.29 is 4.39 Å². The second kappa shape index (κ2) is 5.89. The highest BCUT2D eigenvalue weighted by molar-refractivity contribution is 5.65. The Kier molecular flexibility index (Phi) is 3.92. The van der Waals surface area contributed by atoms with E-state index < -0.39 is 5.41 Å². The van der Waals surface area contributed by atoms with Crippen molar-refractivity contribution in [3.8, 4) is 11.1 Å². The first-order chi connectivity index (χ1) is 11.0. The number of aromatic nitrogens is 4. The number of hydrogen-bond donors (Lipinski definition) is 2. The van der Waals surface area contributed by atoms with Crippen LogP contribution >= 0.6 is 0 Å². The zero-order chi connectivity index (χ0) is 16.4. The first-order valence-electron chi connectivity index (χ1n) is 7.35. The molecule has 3 rings (SSSR count). The smallest absolute Gasteiger partial charge is 0.184 e. The van der Waals surface area contributed by atoms with Gasteiger partial charge in [-0.3, -0.25) is 0 Å². The number of nitrogens with one attached hydrogen (secondary N) is 1. The first kappa shape index (κ1) is 15.3. The van der Waals surface area contributed by atoms with E-state index in [1.54, 1.807) is 6.07 Å². The Labute approximate surface area is 133 Å². The summed E-state index contributed by atoms with van der Waals surface area (Å²) in [6.45, 7) is 4.34. The molecule has 0 unspecified atom stereocenters. The van der Waals surface area contributed by atoms with Crippen LogP contribution in [0.1, 0.15) is 30.8 Å². The maximum absolute atomic E-state index is 14.6. The summed E-state index contributed by atoms with van der Waals surface area (Å²) in [4.78, 5) is 0. The molecule has 0 saturated heterocycles. The van der Waals surface area contributed by atoms with Gasteiger partial charge in [0.15, 0.2) is 5.82 Å². The molecule has 0 atom stereocenters. The normalized spacial score (nSPS) is 11.7. The van der Waals surface area contributed by atoms with Crippen LogP contribution in [0.4, 0.5) is 4.39 Å². The number of rotatable bonds is 4. The Hall–Kier alpha value is -2.60. The quantitative estimate of drug-likeness (QED) is 0.776. The molecule has 0 spiro atoms. The lowest BCUT2D eigenvalue weighted by atomic mass is 9.83. The molecule has 0 bridgehead atoms. The number of nitrogens with zero attached hydrogens (tertiary/aromatic N) is 3. The third kappa shape index (κ3) is 2.85. The number of halogens is 1. The van der Waals surface area contributed by atoms with Crippen LogP contribution in [0.15, 0.2) is 42.5 Å². The molecule has 0 aliphatic carbocycles. The molecule has 3 N–H and O–H groups in total. The summed E-state index contributed by atoms with van der Waals surface area (Å²) in [6.07, 6.45) is 0. The van der Waals surface area contributed by atoms with Crippen molar-refractivity contribution in [2.75, 3.05) is 0 Å². The molecule has 1 heterocycles. The van der Waals surface area contributed by atoms with Gasteiger partial charge in [0.2, 0.25) is 0 Å². The average molecular weight is 311 g/mol. The minimum absolute atomic E-state index is 0.278. The van der Waals surface area contributed by atoms with Gasteiger partial charge in [-0.1, -0.05) is 41.6 Å². The van der Waals surface area contributed by atoms with Gasteiger partial charge in [0, 0.05) is 12.1 Å². The van der Waals surface area contributed by atoms with Crippen molar-refractivity contribution >= 4 is 0 Å². The van der Waals surface area contributed by atoms with Crippen molar-refractivity contribution in [2.45, 2.75) is 25.8 Å². The molecule has 5 nitrogen and oxygen atoms in total. The Morgan fingerprint density at radius 3 is 2.43 bits per heavy atom. The molecule has 0 radical (unpaired) electrons. The number of H-pyrrole nitrogens is 1. The summed E-state index contributed by atoms with van der Waals surface area (Å²) < 4.78 is 14.6. The highest BCUT2D eigenvalue weighted by Gasteiger charge is 2.28. The zero-order valence-corrected chi connectivity index (χ0v) is 13.0. The maximum Gasteiger partial charge on any atom is 0.184 e. The number of benzene rings is 2. The molecule has 2 aromatic carbocycles. The van der Waals surface area contributed by atoms with Gasteiger partial charge in [-0.25, -0.2) is 4.39 Å². The van der Waals surface area contributed by atoms with Gasteiger partial charge in [0.05, 0.1) is 5.41 Å². The second-order valence-corrected chi connectivity index (χ2v) is 5.96. The molecule has 0 fully saturated rings. The molecule has 23 heavy (non-hydrogen) atoms.